The molecule has 3 aromatic rings. The molecular weight excluding hydrogens is 296 g/mol. The van der Waals surface area contributed by atoms with Gasteiger partial charge in [-0.2, -0.15) is 10.2 Å². The molecule has 0 atom stereocenters. The highest BCUT2D eigenvalue weighted by atomic mass is 15.3. The number of aromatic nitrogens is 2. The molecule has 0 fully saturated rings. The maximum Gasteiger partial charge on any atom is 0.176 e. The van der Waals surface area contributed by atoms with Gasteiger partial charge in [-0.1, -0.05) is 69.3 Å². The van der Waals surface area contributed by atoms with Crippen LogP contribution < -0.4 is 5.43 Å². The Hall–Kier alpha value is -2.75. The molecule has 0 spiro atoms. The minimum atomic E-state index is 0.153. The summed E-state index contributed by atoms with van der Waals surface area (Å²) in [5, 5.41) is 14.7. The molecule has 0 saturated carbocycles. The summed E-state index contributed by atoms with van der Waals surface area (Å²) in [5.74, 6) is 0.666. The lowest BCUT2D eigenvalue weighted by Gasteiger charge is -2.19. The highest BCUT2D eigenvalue weighted by Gasteiger charge is 2.13. The van der Waals surface area contributed by atoms with Crippen LogP contribution in [0.3, 0.4) is 0 Å². The van der Waals surface area contributed by atoms with Gasteiger partial charge in [-0.25, -0.2) is 0 Å². The van der Waals surface area contributed by atoms with Crippen LogP contribution in [0.15, 0.2) is 59.8 Å². The molecule has 4 nitrogen and oxygen atoms in total. The number of hydrogen-bond acceptors (Lipinski definition) is 4. The molecule has 2 aromatic carbocycles. The van der Waals surface area contributed by atoms with Gasteiger partial charge in [0.2, 0.25) is 0 Å². The standard InChI is InChI=1S/C20H22N4/c1-14(15-9-11-17(12-10-15)20(2,3)4)22-24-19-18-8-6-5-7-16(18)13-21-23-19/h5-13H,1-4H3,(H,23,24). The fourth-order valence-electron chi connectivity index (χ4n) is 2.52. The molecular formula is C20H22N4. The van der Waals surface area contributed by atoms with E-state index in [1.54, 1.807) is 6.20 Å². The van der Waals surface area contributed by atoms with Crippen LogP contribution in [0.4, 0.5) is 5.82 Å². The number of fused-ring (bicyclic) bond motifs is 1. The molecule has 0 aliphatic heterocycles. The monoisotopic (exact) mass is 318 g/mol. The topological polar surface area (TPSA) is 50.2 Å². The van der Waals surface area contributed by atoms with Crippen LogP contribution in [0.25, 0.3) is 10.8 Å². The Balaban J connectivity index is 1.83. The first-order chi connectivity index (χ1) is 11.4. The summed E-state index contributed by atoms with van der Waals surface area (Å²) in [7, 11) is 0. The van der Waals surface area contributed by atoms with Crippen LogP contribution in [-0.2, 0) is 5.41 Å². The minimum Gasteiger partial charge on any atom is -0.259 e. The van der Waals surface area contributed by atoms with E-state index in [0.717, 1.165) is 22.0 Å². The van der Waals surface area contributed by atoms with Crippen molar-refractivity contribution < 1.29 is 0 Å². The summed E-state index contributed by atoms with van der Waals surface area (Å²) in [6.07, 6.45) is 1.75. The third-order valence-corrected chi connectivity index (χ3v) is 4.07. The molecule has 3 rings (SSSR count). The van der Waals surface area contributed by atoms with Gasteiger partial charge in [0.1, 0.15) is 0 Å². The summed E-state index contributed by atoms with van der Waals surface area (Å²) in [5.41, 5.74) is 6.50. The second-order valence-corrected chi connectivity index (χ2v) is 6.92. The number of hydrogen-bond donors (Lipinski definition) is 1. The second-order valence-electron chi connectivity index (χ2n) is 6.92. The zero-order valence-corrected chi connectivity index (χ0v) is 14.5. The summed E-state index contributed by atoms with van der Waals surface area (Å²) >= 11 is 0. The van der Waals surface area contributed by atoms with E-state index >= 15 is 0 Å². The van der Waals surface area contributed by atoms with Crippen molar-refractivity contribution in [3.63, 3.8) is 0 Å². The zero-order valence-electron chi connectivity index (χ0n) is 14.5. The molecule has 4 heteroatoms. The first kappa shape index (κ1) is 16.1. The van der Waals surface area contributed by atoms with Crippen molar-refractivity contribution >= 4 is 22.3 Å². The van der Waals surface area contributed by atoms with E-state index in [-0.39, 0.29) is 5.41 Å². The highest BCUT2D eigenvalue weighted by molar-refractivity contribution is 5.99. The molecule has 122 valence electrons. The Morgan fingerprint density at radius 2 is 1.71 bits per heavy atom. The summed E-state index contributed by atoms with van der Waals surface area (Å²) in [6.45, 7) is 8.62. The largest absolute Gasteiger partial charge is 0.259 e. The SMILES string of the molecule is CC(=NNc1nncc2ccccc12)c1ccc(C(C)(C)C)cc1. The fourth-order valence-corrected chi connectivity index (χ4v) is 2.52. The highest BCUT2D eigenvalue weighted by Crippen LogP contribution is 2.23. The van der Waals surface area contributed by atoms with Gasteiger partial charge in [-0.05, 0) is 23.5 Å². The third-order valence-electron chi connectivity index (χ3n) is 4.07. The van der Waals surface area contributed by atoms with Gasteiger partial charge in [-0.3, -0.25) is 5.43 Å². The molecule has 1 N–H and O–H groups in total. The van der Waals surface area contributed by atoms with E-state index in [1.165, 1.54) is 5.56 Å². The quantitative estimate of drug-likeness (QED) is 0.559. The van der Waals surface area contributed by atoms with E-state index in [2.05, 4.69) is 65.8 Å². The van der Waals surface area contributed by atoms with E-state index in [1.807, 2.05) is 31.2 Å². The molecule has 1 aromatic heterocycles. The Labute approximate surface area is 142 Å². The Morgan fingerprint density at radius 3 is 2.42 bits per heavy atom. The van der Waals surface area contributed by atoms with Crippen LogP contribution in [0, 0.1) is 0 Å². The van der Waals surface area contributed by atoms with Gasteiger partial charge >= 0.3 is 0 Å². The summed E-state index contributed by atoms with van der Waals surface area (Å²) < 4.78 is 0. The lowest BCUT2D eigenvalue weighted by molar-refractivity contribution is 0.590. The van der Waals surface area contributed by atoms with Crippen molar-refractivity contribution in [1.29, 1.82) is 0 Å². The minimum absolute atomic E-state index is 0.153. The first-order valence-electron chi connectivity index (χ1n) is 8.07. The van der Waals surface area contributed by atoms with Gasteiger partial charge in [0.25, 0.3) is 0 Å². The lowest BCUT2D eigenvalue weighted by Crippen LogP contribution is -2.11. The predicted molar refractivity (Wildman–Crippen MR) is 101 cm³/mol. The van der Waals surface area contributed by atoms with Crippen LogP contribution in [-0.4, -0.2) is 15.9 Å². The van der Waals surface area contributed by atoms with Crippen molar-refractivity contribution in [3.05, 3.63) is 65.9 Å². The van der Waals surface area contributed by atoms with Gasteiger partial charge in [0.05, 0.1) is 11.9 Å². The average Bonchev–Trinajstić information content (AvgIpc) is 2.59. The van der Waals surface area contributed by atoms with Crippen molar-refractivity contribution in [2.45, 2.75) is 33.1 Å². The normalized spacial score (nSPS) is 12.4. The molecule has 0 aliphatic carbocycles. The Kier molecular flexibility index (Phi) is 4.30. The Morgan fingerprint density at radius 1 is 1.00 bits per heavy atom. The predicted octanol–water partition coefficient (Wildman–Crippen LogP) is 4.76. The molecule has 0 amide bonds. The van der Waals surface area contributed by atoms with E-state index in [4.69, 9.17) is 0 Å². The van der Waals surface area contributed by atoms with E-state index in [9.17, 15) is 0 Å². The van der Waals surface area contributed by atoms with Gasteiger partial charge in [0.15, 0.2) is 5.82 Å². The molecule has 1 heterocycles. The molecule has 0 aliphatic rings. The number of nitrogens with zero attached hydrogens (tertiary/aromatic N) is 3. The molecule has 0 bridgehead atoms. The van der Waals surface area contributed by atoms with Crippen molar-refractivity contribution in [2.75, 3.05) is 5.43 Å². The van der Waals surface area contributed by atoms with Crippen LogP contribution in [0.5, 0.6) is 0 Å². The third kappa shape index (κ3) is 3.43. The second kappa shape index (κ2) is 6.40. The number of hydrazone groups is 1. The number of rotatable bonds is 3. The Bertz CT molecular complexity index is 869. The average molecular weight is 318 g/mol. The first-order valence-corrected chi connectivity index (χ1v) is 8.07. The van der Waals surface area contributed by atoms with E-state index in [0.29, 0.717) is 5.82 Å². The lowest BCUT2D eigenvalue weighted by atomic mass is 9.86. The summed E-state index contributed by atoms with van der Waals surface area (Å²) in [4.78, 5) is 0. The fraction of sp³-hybridized carbons (Fsp3) is 0.250. The van der Waals surface area contributed by atoms with Crippen molar-refractivity contribution in [2.24, 2.45) is 5.10 Å². The van der Waals surface area contributed by atoms with Crippen molar-refractivity contribution in [3.8, 4) is 0 Å². The molecule has 24 heavy (non-hydrogen) atoms. The molecule has 0 unspecified atom stereocenters. The maximum atomic E-state index is 4.47. The van der Waals surface area contributed by atoms with Crippen LogP contribution in [0.1, 0.15) is 38.8 Å². The van der Waals surface area contributed by atoms with Gasteiger partial charge < -0.3 is 0 Å². The van der Waals surface area contributed by atoms with E-state index < -0.39 is 0 Å². The number of anilines is 1. The van der Waals surface area contributed by atoms with Crippen LogP contribution >= 0.6 is 0 Å². The van der Waals surface area contributed by atoms with Crippen molar-refractivity contribution in [1.82, 2.24) is 10.2 Å². The smallest absolute Gasteiger partial charge is 0.176 e. The van der Waals surface area contributed by atoms with Gasteiger partial charge in [-0.15, -0.1) is 5.10 Å². The number of nitrogens with one attached hydrogen (secondary N) is 1. The van der Waals surface area contributed by atoms with Gasteiger partial charge in [0, 0.05) is 10.8 Å². The van der Waals surface area contributed by atoms with Crippen LogP contribution in [0.2, 0.25) is 0 Å². The zero-order chi connectivity index (χ0) is 17.2. The molecule has 0 saturated heterocycles. The molecule has 0 radical (unpaired) electrons. The summed E-state index contributed by atoms with van der Waals surface area (Å²) in [6, 6.07) is 16.5. The number of benzene rings is 2. The maximum absolute atomic E-state index is 4.47.